The highest BCUT2D eigenvalue weighted by Crippen LogP contribution is 2.61. The second-order valence-corrected chi connectivity index (χ2v) is 11.9. The third kappa shape index (κ3) is 4.73. The van der Waals surface area contributed by atoms with E-state index in [1.54, 1.807) is 0 Å². The van der Waals surface area contributed by atoms with Crippen LogP contribution in [0, 0.1) is 11.3 Å². The van der Waals surface area contributed by atoms with Gasteiger partial charge >= 0.3 is 0 Å². The Morgan fingerprint density at radius 1 is 1.30 bits per heavy atom. The number of fused-ring (bicyclic) bond motifs is 1. The van der Waals surface area contributed by atoms with Crippen LogP contribution in [0.25, 0.3) is 11.1 Å². The van der Waals surface area contributed by atoms with Gasteiger partial charge in [-0.15, -0.1) is 0 Å². The van der Waals surface area contributed by atoms with Crippen molar-refractivity contribution in [3.8, 4) is 0 Å². The first-order chi connectivity index (χ1) is 14.3. The Labute approximate surface area is 182 Å². The summed E-state index contributed by atoms with van der Waals surface area (Å²) in [5, 5.41) is 4.07. The molecule has 2 aliphatic carbocycles. The maximum Gasteiger partial charge on any atom is 0.198 e. The fourth-order valence-electron chi connectivity index (χ4n) is 5.22. The van der Waals surface area contributed by atoms with E-state index in [4.69, 9.17) is 16.0 Å². The first-order valence-corrected chi connectivity index (χ1v) is 12.9. The summed E-state index contributed by atoms with van der Waals surface area (Å²) in [7, 11) is -0.759. The van der Waals surface area contributed by atoms with Crippen molar-refractivity contribution < 1.29 is 17.6 Å². The van der Waals surface area contributed by atoms with Gasteiger partial charge in [-0.1, -0.05) is 11.6 Å². The molecule has 0 bridgehead atoms. The monoisotopic (exact) mass is 452 g/mol. The lowest BCUT2D eigenvalue weighted by molar-refractivity contribution is -0.108. The molecule has 8 heteroatoms. The van der Waals surface area contributed by atoms with Crippen LogP contribution in [0.2, 0.25) is 5.02 Å². The SMILES string of the molecule is CNC1CC2(C1)CC(c1nc3cc(Cl)ccc3o1)C2.O=CCC1CCCS(=O)(=O)C1. The number of oxazole rings is 1. The van der Waals surface area contributed by atoms with E-state index in [0.717, 1.165) is 42.2 Å². The molecule has 1 aromatic carbocycles. The number of hydrogen-bond donors (Lipinski definition) is 1. The number of sulfone groups is 1. The van der Waals surface area contributed by atoms with Crippen LogP contribution in [0.15, 0.2) is 22.6 Å². The van der Waals surface area contributed by atoms with Crippen molar-refractivity contribution in [2.45, 2.75) is 56.9 Å². The summed E-state index contributed by atoms with van der Waals surface area (Å²) < 4.78 is 27.9. The van der Waals surface area contributed by atoms with Gasteiger partial charge < -0.3 is 14.5 Å². The zero-order chi connectivity index (χ0) is 21.4. The Bertz CT molecular complexity index is 1010. The highest BCUT2D eigenvalue weighted by atomic mass is 35.5. The summed E-state index contributed by atoms with van der Waals surface area (Å²) in [6.45, 7) is 0. The largest absolute Gasteiger partial charge is 0.440 e. The van der Waals surface area contributed by atoms with Crippen molar-refractivity contribution in [1.82, 2.24) is 10.3 Å². The molecule has 3 aliphatic rings. The second-order valence-electron chi connectivity index (χ2n) is 9.19. The van der Waals surface area contributed by atoms with Crippen LogP contribution < -0.4 is 5.32 Å². The van der Waals surface area contributed by atoms with Crippen LogP contribution in [-0.2, 0) is 14.6 Å². The van der Waals surface area contributed by atoms with Crippen LogP contribution in [0.3, 0.4) is 0 Å². The second kappa shape index (κ2) is 8.60. The Kier molecular flexibility index (Phi) is 6.24. The third-order valence-electron chi connectivity index (χ3n) is 6.83. The number of carbonyl (C=O) groups is 1. The smallest absolute Gasteiger partial charge is 0.198 e. The molecule has 0 radical (unpaired) electrons. The average molecular weight is 453 g/mol. The Morgan fingerprint density at radius 2 is 2.07 bits per heavy atom. The summed E-state index contributed by atoms with van der Waals surface area (Å²) >= 11 is 5.98. The van der Waals surface area contributed by atoms with Crippen molar-refractivity contribution in [3.05, 3.63) is 29.1 Å². The molecule has 1 saturated heterocycles. The van der Waals surface area contributed by atoms with Gasteiger partial charge in [0.2, 0.25) is 0 Å². The van der Waals surface area contributed by atoms with Crippen molar-refractivity contribution in [2.75, 3.05) is 18.6 Å². The molecule has 1 unspecified atom stereocenters. The van der Waals surface area contributed by atoms with E-state index in [2.05, 4.69) is 17.3 Å². The minimum absolute atomic E-state index is 0.0891. The molecule has 1 N–H and O–H groups in total. The maximum atomic E-state index is 11.0. The number of hydrogen-bond acceptors (Lipinski definition) is 6. The first-order valence-electron chi connectivity index (χ1n) is 10.7. The Hall–Kier alpha value is -1.44. The first kappa shape index (κ1) is 21.8. The fourth-order valence-corrected chi connectivity index (χ4v) is 7.18. The summed E-state index contributed by atoms with van der Waals surface area (Å²) in [5.41, 5.74) is 2.31. The van der Waals surface area contributed by atoms with Crippen molar-refractivity contribution >= 4 is 38.8 Å². The highest BCUT2D eigenvalue weighted by Gasteiger charge is 2.53. The van der Waals surface area contributed by atoms with Gasteiger partial charge in [0, 0.05) is 23.4 Å². The summed E-state index contributed by atoms with van der Waals surface area (Å²) in [6, 6.07) is 6.36. The minimum atomic E-state index is -2.81. The number of nitrogens with zero attached hydrogens (tertiary/aromatic N) is 1. The molecule has 1 aromatic heterocycles. The Morgan fingerprint density at radius 3 is 2.73 bits per heavy atom. The molecule has 1 aliphatic heterocycles. The minimum Gasteiger partial charge on any atom is -0.440 e. The predicted octanol–water partition coefficient (Wildman–Crippen LogP) is 4.13. The van der Waals surface area contributed by atoms with Crippen LogP contribution in [0.5, 0.6) is 0 Å². The molecular formula is C22H29ClN2O4S. The lowest BCUT2D eigenvalue weighted by Crippen LogP contribution is -2.53. The number of nitrogens with one attached hydrogen (secondary N) is 1. The topological polar surface area (TPSA) is 89.3 Å². The molecule has 2 aromatic rings. The van der Waals surface area contributed by atoms with Crippen molar-refractivity contribution in [2.24, 2.45) is 11.3 Å². The standard InChI is InChI=1S/C15H17ClN2O.C7H12O3S/c1-17-11-7-15(8-11)5-9(6-15)14-18-12-4-10(16)2-3-13(12)19-14;8-4-3-7-2-1-5-11(9,10)6-7/h2-4,9,11,17H,5-8H2,1H3;4,7H,1-3,5-6H2. The van der Waals surface area contributed by atoms with Gasteiger partial charge in [0.1, 0.15) is 11.8 Å². The quantitative estimate of drug-likeness (QED) is 0.701. The van der Waals surface area contributed by atoms with Gasteiger partial charge in [0.25, 0.3) is 0 Å². The molecule has 3 fully saturated rings. The van der Waals surface area contributed by atoms with Crippen molar-refractivity contribution in [3.63, 3.8) is 0 Å². The van der Waals surface area contributed by atoms with Crippen LogP contribution >= 0.6 is 11.6 Å². The molecule has 30 heavy (non-hydrogen) atoms. The summed E-state index contributed by atoms with van der Waals surface area (Å²) in [6.07, 6.45) is 7.90. The van der Waals surface area contributed by atoms with E-state index >= 15 is 0 Å². The van der Waals surface area contributed by atoms with Gasteiger partial charge in [-0.05, 0) is 75.1 Å². The van der Waals surface area contributed by atoms with E-state index in [9.17, 15) is 13.2 Å². The van der Waals surface area contributed by atoms with E-state index in [0.29, 0.717) is 28.5 Å². The molecule has 1 spiro atoms. The predicted molar refractivity (Wildman–Crippen MR) is 118 cm³/mol. The summed E-state index contributed by atoms with van der Waals surface area (Å²) in [5.74, 6) is 2.01. The van der Waals surface area contributed by atoms with Gasteiger partial charge in [-0.2, -0.15) is 0 Å². The maximum absolute atomic E-state index is 11.0. The van der Waals surface area contributed by atoms with E-state index in [1.807, 2.05) is 18.2 Å². The normalized spacial score (nSPS) is 32.0. The highest BCUT2D eigenvalue weighted by molar-refractivity contribution is 7.91. The van der Waals surface area contributed by atoms with Crippen molar-refractivity contribution in [1.29, 1.82) is 0 Å². The van der Waals surface area contributed by atoms with Crippen LogP contribution in [-0.4, -0.2) is 44.3 Å². The zero-order valence-corrected chi connectivity index (χ0v) is 18.8. The lowest BCUT2D eigenvalue weighted by atomic mass is 9.50. The average Bonchev–Trinajstić information content (AvgIpc) is 3.02. The summed E-state index contributed by atoms with van der Waals surface area (Å²) in [4.78, 5) is 14.7. The van der Waals surface area contributed by atoms with Gasteiger partial charge in [0.15, 0.2) is 21.3 Å². The molecular weight excluding hydrogens is 424 g/mol. The molecule has 6 nitrogen and oxygen atoms in total. The number of rotatable bonds is 4. The van der Waals surface area contributed by atoms with Crippen LogP contribution in [0.1, 0.15) is 56.8 Å². The molecule has 2 heterocycles. The number of carbonyl (C=O) groups excluding carboxylic acids is 1. The number of aromatic nitrogens is 1. The number of halogens is 1. The van der Waals surface area contributed by atoms with Crippen LogP contribution in [0.4, 0.5) is 0 Å². The molecule has 2 saturated carbocycles. The third-order valence-corrected chi connectivity index (χ3v) is 8.95. The van der Waals surface area contributed by atoms with E-state index < -0.39 is 9.84 Å². The Balaban J connectivity index is 0.000000170. The van der Waals surface area contributed by atoms with Gasteiger partial charge in [-0.3, -0.25) is 0 Å². The van der Waals surface area contributed by atoms with Gasteiger partial charge in [-0.25, -0.2) is 13.4 Å². The molecule has 164 valence electrons. The number of benzene rings is 1. The van der Waals surface area contributed by atoms with E-state index in [1.165, 1.54) is 25.7 Å². The fraction of sp³-hybridized carbons (Fsp3) is 0.636. The van der Waals surface area contributed by atoms with E-state index in [-0.39, 0.29) is 11.7 Å². The van der Waals surface area contributed by atoms with Gasteiger partial charge in [0.05, 0.1) is 11.5 Å². The molecule has 5 rings (SSSR count). The number of aldehydes is 1. The molecule has 1 atom stereocenters. The molecule has 0 amide bonds. The zero-order valence-electron chi connectivity index (χ0n) is 17.3. The lowest BCUT2D eigenvalue weighted by Gasteiger charge is -2.57.